The fraction of sp³-hybridized carbons (Fsp3) is 0.577. The molecule has 0 spiro atoms. The van der Waals surface area contributed by atoms with E-state index >= 15 is 0 Å². The van der Waals surface area contributed by atoms with Gasteiger partial charge in [0.1, 0.15) is 5.82 Å². The molecule has 0 aromatic carbocycles. The van der Waals surface area contributed by atoms with Crippen LogP contribution in [0.5, 0.6) is 0 Å². The summed E-state index contributed by atoms with van der Waals surface area (Å²) in [5, 5.41) is 20.2. The van der Waals surface area contributed by atoms with Crippen LogP contribution in [0.15, 0.2) is 24.4 Å². The minimum atomic E-state index is -0.591. The summed E-state index contributed by atoms with van der Waals surface area (Å²) >= 11 is 6.47. The Hall–Kier alpha value is -2.51. The Labute approximate surface area is 216 Å². The van der Waals surface area contributed by atoms with Crippen molar-refractivity contribution >= 4 is 23.2 Å². The van der Waals surface area contributed by atoms with Crippen LogP contribution in [0.25, 0.3) is 11.3 Å². The SMILES string of the molecule is COCCNC1CCC(Nc2cc(-c3ccc(F)c(NCC4(C#N)CCOCC4)n3)c(Cl)cn2)CC1. The lowest BCUT2D eigenvalue weighted by atomic mass is 9.82. The molecular formula is C26H34ClFN6O2. The average Bonchev–Trinajstić information content (AvgIpc) is 2.91. The highest BCUT2D eigenvalue weighted by molar-refractivity contribution is 6.33. The molecule has 2 aliphatic rings. The smallest absolute Gasteiger partial charge is 0.165 e. The molecule has 8 nitrogen and oxygen atoms in total. The molecule has 0 radical (unpaired) electrons. The lowest BCUT2D eigenvalue weighted by Crippen LogP contribution is -2.38. The molecule has 0 amide bonds. The first-order valence-corrected chi connectivity index (χ1v) is 12.9. The number of anilines is 2. The van der Waals surface area contributed by atoms with Gasteiger partial charge in [0.25, 0.3) is 0 Å². The summed E-state index contributed by atoms with van der Waals surface area (Å²) in [5.74, 6) is 0.352. The Kier molecular flexibility index (Phi) is 9.32. The Morgan fingerprint density at radius 1 is 1.22 bits per heavy atom. The average molecular weight is 517 g/mol. The standard InChI is InChI=1S/C26H34ClFN6O2/c1-35-13-10-30-18-2-4-19(5-3-18)33-24-14-20(21(27)15-31-24)23-7-6-22(28)25(34-23)32-17-26(16-29)8-11-36-12-9-26/h6-7,14-15,18-19,30H,2-5,8-13,17H2,1H3,(H,31,33)(H,32,34). The fourth-order valence-corrected chi connectivity index (χ4v) is 4.99. The van der Waals surface area contributed by atoms with E-state index < -0.39 is 11.2 Å². The highest BCUT2D eigenvalue weighted by Crippen LogP contribution is 2.33. The van der Waals surface area contributed by atoms with Gasteiger partial charge in [-0.05, 0) is 56.7 Å². The van der Waals surface area contributed by atoms with Gasteiger partial charge >= 0.3 is 0 Å². The first-order valence-electron chi connectivity index (χ1n) is 12.6. The van der Waals surface area contributed by atoms with Crippen LogP contribution in [0, 0.1) is 22.6 Å². The predicted octanol–water partition coefficient (Wildman–Crippen LogP) is 4.63. The Morgan fingerprint density at radius 3 is 2.69 bits per heavy atom. The van der Waals surface area contributed by atoms with Crippen LogP contribution in [0.1, 0.15) is 38.5 Å². The Balaban J connectivity index is 1.41. The molecule has 0 atom stereocenters. The molecule has 1 saturated heterocycles. The number of hydrogen-bond acceptors (Lipinski definition) is 8. The maximum atomic E-state index is 14.6. The zero-order chi connectivity index (χ0) is 25.4. The number of methoxy groups -OCH3 is 1. The van der Waals surface area contributed by atoms with E-state index in [1.807, 2.05) is 6.07 Å². The fourth-order valence-electron chi connectivity index (χ4n) is 4.79. The summed E-state index contributed by atoms with van der Waals surface area (Å²) in [5.41, 5.74) is 0.623. The van der Waals surface area contributed by atoms with Crippen molar-refractivity contribution in [1.29, 1.82) is 5.26 Å². The topological polar surface area (TPSA) is 104 Å². The molecule has 2 aromatic rings. The van der Waals surface area contributed by atoms with E-state index in [0.717, 1.165) is 44.7 Å². The van der Waals surface area contributed by atoms with Gasteiger partial charge in [0.2, 0.25) is 0 Å². The zero-order valence-corrected chi connectivity index (χ0v) is 21.4. The highest BCUT2D eigenvalue weighted by atomic mass is 35.5. The van der Waals surface area contributed by atoms with E-state index in [4.69, 9.17) is 21.1 Å². The van der Waals surface area contributed by atoms with E-state index in [1.54, 1.807) is 19.4 Å². The molecule has 0 bridgehead atoms. The molecule has 0 unspecified atom stereocenters. The van der Waals surface area contributed by atoms with E-state index in [0.29, 0.717) is 61.0 Å². The van der Waals surface area contributed by atoms with Crippen molar-refractivity contribution in [3.8, 4) is 17.3 Å². The number of nitriles is 1. The summed E-state index contributed by atoms with van der Waals surface area (Å²) < 4.78 is 25.1. The van der Waals surface area contributed by atoms with E-state index in [9.17, 15) is 9.65 Å². The third-order valence-corrected chi connectivity index (χ3v) is 7.38. The van der Waals surface area contributed by atoms with Crippen LogP contribution < -0.4 is 16.0 Å². The van der Waals surface area contributed by atoms with Gasteiger partial charge in [0, 0.05) is 57.3 Å². The van der Waals surface area contributed by atoms with Crippen LogP contribution in [0.2, 0.25) is 5.02 Å². The lowest BCUT2D eigenvalue weighted by Gasteiger charge is -2.31. The van der Waals surface area contributed by atoms with Crippen molar-refractivity contribution < 1.29 is 13.9 Å². The Bertz CT molecular complexity index is 1050. The quantitative estimate of drug-likeness (QED) is 0.393. The number of nitrogens with one attached hydrogen (secondary N) is 3. The number of hydrogen-bond donors (Lipinski definition) is 3. The number of nitrogens with zero attached hydrogens (tertiary/aromatic N) is 3. The molecule has 194 valence electrons. The summed E-state index contributed by atoms with van der Waals surface area (Å²) in [6, 6.07) is 8.07. The summed E-state index contributed by atoms with van der Waals surface area (Å²) in [6.45, 7) is 2.95. The molecule has 3 N–H and O–H groups in total. The summed E-state index contributed by atoms with van der Waals surface area (Å²) in [7, 11) is 1.71. The summed E-state index contributed by atoms with van der Waals surface area (Å²) in [6.07, 6.45) is 7.07. The molecule has 1 aliphatic carbocycles. The minimum Gasteiger partial charge on any atom is -0.383 e. The molecule has 36 heavy (non-hydrogen) atoms. The van der Waals surface area contributed by atoms with Gasteiger partial charge in [-0.2, -0.15) is 5.26 Å². The van der Waals surface area contributed by atoms with Crippen LogP contribution in [-0.2, 0) is 9.47 Å². The van der Waals surface area contributed by atoms with Crippen LogP contribution >= 0.6 is 11.6 Å². The Morgan fingerprint density at radius 2 is 1.97 bits per heavy atom. The van der Waals surface area contributed by atoms with Gasteiger partial charge in [-0.15, -0.1) is 0 Å². The van der Waals surface area contributed by atoms with Crippen molar-refractivity contribution in [3.63, 3.8) is 0 Å². The zero-order valence-electron chi connectivity index (χ0n) is 20.7. The number of ether oxygens (including phenoxy) is 2. The minimum absolute atomic E-state index is 0.107. The largest absolute Gasteiger partial charge is 0.383 e. The van der Waals surface area contributed by atoms with Crippen molar-refractivity contribution in [2.45, 2.75) is 50.6 Å². The van der Waals surface area contributed by atoms with Crippen molar-refractivity contribution in [2.24, 2.45) is 5.41 Å². The van der Waals surface area contributed by atoms with E-state index in [-0.39, 0.29) is 5.82 Å². The second kappa shape index (κ2) is 12.6. The lowest BCUT2D eigenvalue weighted by molar-refractivity contribution is 0.0455. The van der Waals surface area contributed by atoms with Gasteiger partial charge < -0.3 is 25.4 Å². The number of aromatic nitrogens is 2. The molecule has 1 aliphatic heterocycles. The molecule has 4 rings (SSSR count). The normalized spacial score (nSPS) is 21.5. The number of halogens is 2. The van der Waals surface area contributed by atoms with Crippen molar-refractivity contribution in [3.05, 3.63) is 35.2 Å². The molecule has 2 aromatic heterocycles. The van der Waals surface area contributed by atoms with Gasteiger partial charge in [-0.1, -0.05) is 11.6 Å². The molecule has 1 saturated carbocycles. The first-order chi connectivity index (χ1) is 17.5. The number of pyridine rings is 2. The summed E-state index contributed by atoms with van der Waals surface area (Å²) in [4.78, 5) is 8.96. The molecular weight excluding hydrogens is 483 g/mol. The van der Waals surface area contributed by atoms with Crippen LogP contribution in [0.4, 0.5) is 16.0 Å². The van der Waals surface area contributed by atoms with Gasteiger partial charge in [0.15, 0.2) is 11.6 Å². The van der Waals surface area contributed by atoms with Crippen LogP contribution in [-0.4, -0.2) is 62.1 Å². The van der Waals surface area contributed by atoms with Gasteiger partial charge in [-0.3, -0.25) is 0 Å². The third-order valence-electron chi connectivity index (χ3n) is 7.08. The monoisotopic (exact) mass is 516 g/mol. The van der Waals surface area contributed by atoms with E-state index in [1.165, 1.54) is 6.07 Å². The van der Waals surface area contributed by atoms with Gasteiger partial charge in [0.05, 0.1) is 28.8 Å². The third kappa shape index (κ3) is 6.83. The van der Waals surface area contributed by atoms with Crippen molar-refractivity contribution in [2.75, 3.05) is 50.7 Å². The molecule has 3 heterocycles. The number of rotatable bonds is 10. The first kappa shape index (κ1) is 26.6. The second-order valence-electron chi connectivity index (χ2n) is 9.57. The maximum absolute atomic E-state index is 14.6. The van der Waals surface area contributed by atoms with Crippen LogP contribution in [0.3, 0.4) is 0 Å². The maximum Gasteiger partial charge on any atom is 0.165 e. The second-order valence-corrected chi connectivity index (χ2v) is 9.98. The highest BCUT2D eigenvalue weighted by Gasteiger charge is 2.33. The van der Waals surface area contributed by atoms with Gasteiger partial charge in [-0.25, -0.2) is 14.4 Å². The van der Waals surface area contributed by atoms with Crippen molar-refractivity contribution in [1.82, 2.24) is 15.3 Å². The van der Waals surface area contributed by atoms with E-state index in [2.05, 4.69) is 32.0 Å². The predicted molar refractivity (Wildman–Crippen MR) is 139 cm³/mol. The molecule has 10 heteroatoms. The molecule has 2 fully saturated rings.